The Labute approximate surface area is 109 Å². The molecule has 0 atom stereocenters. The molecule has 19 heavy (non-hydrogen) atoms. The fraction of sp³-hybridized carbons (Fsp3) is 0.308. The molecule has 0 aliphatic heterocycles. The molecule has 0 amide bonds. The number of carbonyl (C=O) groups is 1. The Bertz CT molecular complexity index is 670. The van der Waals surface area contributed by atoms with Gasteiger partial charge in [-0.15, -0.1) is 0 Å². The molecule has 0 saturated carbocycles. The molecule has 6 nitrogen and oxygen atoms in total. The van der Waals surface area contributed by atoms with Crippen LogP contribution in [0.1, 0.15) is 28.7 Å². The van der Waals surface area contributed by atoms with Crippen LogP contribution in [-0.2, 0) is 20.0 Å². The minimum Gasteiger partial charge on any atom is -0.477 e. The first kappa shape index (κ1) is 13.1. The fourth-order valence-corrected chi connectivity index (χ4v) is 1.89. The number of aromatic nitrogens is 3. The molecule has 2 aromatic heterocycles. The van der Waals surface area contributed by atoms with Gasteiger partial charge in [-0.05, 0) is 24.6 Å². The molecular formula is C13H15N3O3. The van der Waals surface area contributed by atoms with Gasteiger partial charge in [0.05, 0.1) is 17.9 Å². The van der Waals surface area contributed by atoms with Gasteiger partial charge in [0.2, 0.25) is 0 Å². The number of carboxylic acids is 1. The molecule has 0 saturated heterocycles. The smallest absolute Gasteiger partial charge is 0.341 e. The molecule has 0 aliphatic carbocycles. The first-order valence-corrected chi connectivity index (χ1v) is 5.97. The lowest BCUT2D eigenvalue weighted by atomic mass is 10.2. The van der Waals surface area contributed by atoms with Crippen LogP contribution in [0.4, 0.5) is 0 Å². The summed E-state index contributed by atoms with van der Waals surface area (Å²) < 4.78 is 3.08. The Morgan fingerprint density at radius 2 is 2.21 bits per heavy atom. The third-order valence-corrected chi connectivity index (χ3v) is 2.97. The molecule has 100 valence electrons. The van der Waals surface area contributed by atoms with Crippen molar-refractivity contribution >= 4 is 5.97 Å². The van der Waals surface area contributed by atoms with Crippen molar-refractivity contribution in [3.8, 4) is 0 Å². The molecule has 0 spiro atoms. The highest BCUT2D eigenvalue weighted by Crippen LogP contribution is 2.05. The standard InChI is InChI=1S/C13H15N3O3/c1-3-9-7-10(15(2)14-9)8-16-6-4-5-11(12(16)17)13(18)19/h4-7H,3,8H2,1-2H3,(H,18,19). The van der Waals surface area contributed by atoms with Gasteiger partial charge in [0.15, 0.2) is 0 Å². The fourth-order valence-electron chi connectivity index (χ4n) is 1.89. The van der Waals surface area contributed by atoms with Gasteiger partial charge in [0.1, 0.15) is 5.56 Å². The average molecular weight is 261 g/mol. The van der Waals surface area contributed by atoms with E-state index in [2.05, 4.69) is 5.10 Å². The van der Waals surface area contributed by atoms with Crippen molar-refractivity contribution in [2.45, 2.75) is 19.9 Å². The van der Waals surface area contributed by atoms with Crippen molar-refractivity contribution in [1.29, 1.82) is 0 Å². The Kier molecular flexibility index (Phi) is 3.50. The van der Waals surface area contributed by atoms with E-state index in [1.165, 1.54) is 10.6 Å². The summed E-state index contributed by atoms with van der Waals surface area (Å²) in [5, 5.41) is 13.2. The van der Waals surface area contributed by atoms with Crippen LogP contribution in [0.2, 0.25) is 0 Å². The summed E-state index contributed by atoms with van der Waals surface area (Å²) in [6.07, 6.45) is 2.39. The van der Waals surface area contributed by atoms with Gasteiger partial charge in [0, 0.05) is 13.2 Å². The molecular weight excluding hydrogens is 246 g/mol. The Hall–Kier alpha value is -2.37. The summed E-state index contributed by atoms with van der Waals surface area (Å²) in [5.74, 6) is -1.21. The molecule has 2 aromatic rings. The average Bonchev–Trinajstić information content (AvgIpc) is 2.72. The summed E-state index contributed by atoms with van der Waals surface area (Å²) in [7, 11) is 1.81. The maximum absolute atomic E-state index is 12.0. The van der Waals surface area contributed by atoms with Crippen molar-refractivity contribution in [1.82, 2.24) is 14.3 Å². The molecule has 0 bridgehead atoms. The maximum Gasteiger partial charge on any atom is 0.341 e. The summed E-state index contributed by atoms with van der Waals surface area (Å²) >= 11 is 0. The molecule has 1 N–H and O–H groups in total. The van der Waals surface area contributed by atoms with E-state index in [1.54, 1.807) is 24.0 Å². The van der Waals surface area contributed by atoms with E-state index in [-0.39, 0.29) is 5.56 Å². The van der Waals surface area contributed by atoms with Crippen molar-refractivity contribution in [3.05, 3.63) is 51.7 Å². The first-order chi connectivity index (χ1) is 9.02. The molecule has 2 rings (SSSR count). The lowest BCUT2D eigenvalue weighted by molar-refractivity contribution is 0.0694. The van der Waals surface area contributed by atoms with Gasteiger partial charge in [-0.1, -0.05) is 6.92 Å². The summed E-state index contributed by atoms with van der Waals surface area (Å²) in [5.41, 5.74) is 1.08. The molecule has 2 heterocycles. The highest BCUT2D eigenvalue weighted by Gasteiger charge is 2.11. The Morgan fingerprint density at radius 1 is 1.47 bits per heavy atom. The number of rotatable bonds is 4. The topological polar surface area (TPSA) is 77.1 Å². The second-order valence-corrected chi connectivity index (χ2v) is 4.26. The summed E-state index contributed by atoms with van der Waals surface area (Å²) in [6.45, 7) is 2.31. The lowest BCUT2D eigenvalue weighted by Crippen LogP contribution is -2.26. The largest absolute Gasteiger partial charge is 0.477 e. The number of hydrogen-bond acceptors (Lipinski definition) is 3. The predicted octanol–water partition coefficient (Wildman–Crippen LogP) is 0.891. The maximum atomic E-state index is 12.0. The zero-order valence-electron chi connectivity index (χ0n) is 10.8. The van der Waals surface area contributed by atoms with Gasteiger partial charge in [0.25, 0.3) is 5.56 Å². The third kappa shape index (κ3) is 2.57. The van der Waals surface area contributed by atoms with E-state index in [0.717, 1.165) is 17.8 Å². The van der Waals surface area contributed by atoms with Crippen LogP contribution in [0.25, 0.3) is 0 Å². The lowest BCUT2D eigenvalue weighted by Gasteiger charge is -2.06. The van der Waals surface area contributed by atoms with Crippen LogP contribution >= 0.6 is 0 Å². The number of aromatic carboxylic acids is 1. The SMILES string of the molecule is CCc1cc(Cn2cccc(C(=O)O)c2=O)n(C)n1. The number of aryl methyl sites for hydroxylation is 2. The van der Waals surface area contributed by atoms with Crippen molar-refractivity contribution < 1.29 is 9.90 Å². The van der Waals surface area contributed by atoms with E-state index in [0.29, 0.717) is 6.54 Å². The van der Waals surface area contributed by atoms with Gasteiger partial charge >= 0.3 is 5.97 Å². The zero-order valence-corrected chi connectivity index (χ0v) is 10.8. The highest BCUT2D eigenvalue weighted by molar-refractivity contribution is 5.86. The minimum atomic E-state index is -1.21. The van der Waals surface area contributed by atoms with Crippen LogP contribution < -0.4 is 5.56 Å². The van der Waals surface area contributed by atoms with Crippen molar-refractivity contribution in [3.63, 3.8) is 0 Å². The predicted molar refractivity (Wildman–Crippen MR) is 69.3 cm³/mol. The molecule has 0 aliphatic rings. The van der Waals surface area contributed by atoms with E-state index in [1.807, 2.05) is 13.0 Å². The Morgan fingerprint density at radius 3 is 2.79 bits per heavy atom. The van der Waals surface area contributed by atoms with Crippen LogP contribution in [0, 0.1) is 0 Å². The second kappa shape index (κ2) is 5.09. The number of pyridine rings is 1. The normalized spacial score (nSPS) is 10.6. The number of nitrogens with zero attached hydrogens (tertiary/aromatic N) is 3. The Balaban J connectivity index is 2.38. The van der Waals surface area contributed by atoms with Crippen LogP contribution in [0.15, 0.2) is 29.2 Å². The molecule has 0 fully saturated rings. The quantitative estimate of drug-likeness (QED) is 0.886. The van der Waals surface area contributed by atoms with Crippen molar-refractivity contribution in [2.75, 3.05) is 0 Å². The second-order valence-electron chi connectivity index (χ2n) is 4.26. The van der Waals surface area contributed by atoms with Crippen LogP contribution in [0.5, 0.6) is 0 Å². The van der Waals surface area contributed by atoms with E-state index >= 15 is 0 Å². The third-order valence-electron chi connectivity index (χ3n) is 2.97. The van der Waals surface area contributed by atoms with Gasteiger partial charge < -0.3 is 9.67 Å². The monoisotopic (exact) mass is 261 g/mol. The molecule has 0 radical (unpaired) electrons. The number of hydrogen-bond donors (Lipinski definition) is 1. The van der Waals surface area contributed by atoms with Crippen LogP contribution in [-0.4, -0.2) is 25.4 Å². The van der Waals surface area contributed by atoms with E-state index in [4.69, 9.17) is 5.11 Å². The van der Waals surface area contributed by atoms with Gasteiger partial charge in [-0.2, -0.15) is 5.10 Å². The van der Waals surface area contributed by atoms with E-state index < -0.39 is 11.5 Å². The highest BCUT2D eigenvalue weighted by atomic mass is 16.4. The number of carboxylic acid groups (broad SMARTS) is 1. The van der Waals surface area contributed by atoms with E-state index in [9.17, 15) is 9.59 Å². The van der Waals surface area contributed by atoms with Crippen LogP contribution in [0.3, 0.4) is 0 Å². The summed E-state index contributed by atoms with van der Waals surface area (Å²) in [4.78, 5) is 22.9. The molecule has 6 heteroatoms. The van der Waals surface area contributed by atoms with Crippen molar-refractivity contribution in [2.24, 2.45) is 7.05 Å². The van der Waals surface area contributed by atoms with Gasteiger partial charge in [-0.25, -0.2) is 4.79 Å². The zero-order chi connectivity index (χ0) is 14.0. The minimum absolute atomic E-state index is 0.222. The van der Waals surface area contributed by atoms with Gasteiger partial charge in [-0.3, -0.25) is 9.48 Å². The molecule has 0 unspecified atom stereocenters. The summed E-state index contributed by atoms with van der Waals surface area (Å²) in [6, 6.07) is 4.78. The molecule has 0 aromatic carbocycles. The first-order valence-electron chi connectivity index (χ1n) is 5.97.